The fourth-order valence-electron chi connectivity index (χ4n) is 4.16. The Hall–Kier alpha value is -1.59. The van der Waals surface area contributed by atoms with E-state index in [0.29, 0.717) is 44.7 Å². The van der Waals surface area contributed by atoms with E-state index in [9.17, 15) is 14.4 Å². The number of amides is 2. The molecule has 0 spiro atoms. The van der Waals surface area contributed by atoms with Crippen LogP contribution in [0.4, 0.5) is 0 Å². The number of rotatable bonds is 3. The van der Waals surface area contributed by atoms with Crippen LogP contribution < -0.4 is 0 Å². The monoisotopic (exact) mass is 336 g/mol. The Balaban J connectivity index is 1.48. The molecule has 6 nitrogen and oxygen atoms in total. The second kappa shape index (κ2) is 7.11. The van der Waals surface area contributed by atoms with E-state index in [1.165, 1.54) is 0 Å². The van der Waals surface area contributed by atoms with Crippen LogP contribution in [-0.2, 0) is 14.4 Å². The maximum atomic E-state index is 12.6. The smallest absolute Gasteiger partial charge is 0.307 e. The number of carboxylic acid groups (broad SMARTS) is 1. The van der Waals surface area contributed by atoms with Crippen molar-refractivity contribution in [1.29, 1.82) is 0 Å². The summed E-state index contributed by atoms with van der Waals surface area (Å²) >= 11 is 0. The van der Waals surface area contributed by atoms with Crippen molar-refractivity contribution >= 4 is 17.8 Å². The lowest BCUT2D eigenvalue weighted by Crippen LogP contribution is -2.50. The zero-order valence-corrected chi connectivity index (χ0v) is 14.4. The van der Waals surface area contributed by atoms with Crippen molar-refractivity contribution in [2.45, 2.75) is 45.4 Å². The number of piperidine rings is 2. The van der Waals surface area contributed by atoms with E-state index in [2.05, 4.69) is 6.92 Å². The van der Waals surface area contributed by atoms with Gasteiger partial charge in [0.1, 0.15) is 0 Å². The summed E-state index contributed by atoms with van der Waals surface area (Å²) in [5, 5.41) is 9.11. The molecule has 0 bridgehead atoms. The molecule has 1 aliphatic carbocycles. The molecule has 134 valence electrons. The molecule has 0 aromatic carbocycles. The molecule has 0 aromatic heterocycles. The number of carboxylic acids is 1. The zero-order chi connectivity index (χ0) is 17.3. The number of likely N-dealkylation sites (tertiary alicyclic amines) is 2. The van der Waals surface area contributed by atoms with Crippen LogP contribution in [0.2, 0.25) is 0 Å². The Kier molecular flexibility index (Phi) is 5.11. The molecule has 3 fully saturated rings. The van der Waals surface area contributed by atoms with Gasteiger partial charge in [-0.3, -0.25) is 14.4 Å². The molecule has 1 N–H and O–H groups in total. The molecule has 1 saturated carbocycles. The van der Waals surface area contributed by atoms with Crippen molar-refractivity contribution < 1.29 is 19.5 Å². The van der Waals surface area contributed by atoms with Crippen molar-refractivity contribution in [3.8, 4) is 0 Å². The normalized spacial score (nSPS) is 29.2. The van der Waals surface area contributed by atoms with Crippen molar-refractivity contribution in [3.05, 3.63) is 0 Å². The number of carbonyl (C=O) groups excluding carboxylic acids is 2. The molecule has 0 radical (unpaired) electrons. The van der Waals surface area contributed by atoms with E-state index in [1.54, 1.807) is 4.90 Å². The minimum Gasteiger partial charge on any atom is -0.481 e. The van der Waals surface area contributed by atoms with Crippen molar-refractivity contribution in [3.63, 3.8) is 0 Å². The summed E-state index contributed by atoms with van der Waals surface area (Å²) in [4.78, 5) is 40.0. The molecule has 2 heterocycles. The Bertz CT molecular complexity index is 505. The first kappa shape index (κ1) is 17.2. The zero-order valence-electron chi connectivity index (χ0n) is 14.4. The lowest BCUT2D eigenvalue weighted by Gasteiger charge is -2.40. The van der Waals surface area contributed by atoms with Crippen LogP contribution in [0.1, 0.15) is 45.4 Å². The van der Waals surface area contributed by atoms with Crippen LogP contribution in [0.25, 0.3) is 0 Å². The standard InChI is InChI=1S/C18H28N2O4/c1-12-4-8-19(9-5-12)16(21)13-6-10-20(11-7-13)17(22)14-2-3-15(14)18(23)24/h12-15H,2-11H2,1H3,(H,23,24). The minimum absolute atomic E-state index is 0.0219. The predicted molar refractivity (Wildman–Crippen MR) is 88.1 cm³/mol. The summed E-state index contributed by atoms with van der Waals surface area (Å²) in [7, 11) is 0. The number of nitrogens with zero attached hydrogens (tertiary/aromatic N) is 2. The highest BCUT2D eigenvalue weighted by Gasteiger charge is 2.44. The van der Waals surface area contributed by atoms with E-state index >= 15 is 0 Å². The molecule has 24 heavy (non-hydrogen) atoms. The largest absolute Gasteiger partial charge is 0.481 e. The number of carbonyl (C=O) groups is 3. The van der Waals surface area contributed by atoms with Gasteiger partial charge in [-0.25, -0.2) is 0 Å². The van der Waals surface area contributed by atoms with Gasteiger partial charge in [-0.05, 0) is 44.4 Å². The molecule has 3 aliphatic rings. The van der Waals surface area contributed by atoms with Gasteiger partial charge in [0.2, 0.25) is 11.8 Å². The summed E-state index contributed by atoms with van der Waals surface area (Å²) in [6, 6.07) is 0. The summed E-state index contributed by atoms with van der Waals surface area (Å²) in [6.07, 6.45) is 4.87. The lowest BCUT2D eigenvalue weighted by atomic mass is 9.72. The topological polar surface area (TPSA) is 77.9 Å². The maximum absolute atomic E-state index is 12.6. The van der Waals surface area contributed by atoms with E-state index in [1.807, 2.05) is 4.90 Å². The first-order chi connectivity index (χ1) is 11.5. The van der Waals surface area contributed by atoms with Crippen LogP contribution >= 0.6 is 0 Å². The Morgan fingerprint density at radius 3 is 1.75 bits per heavy atom. The Morgan fingerprint density at radius 2 is 1.25 bits per heavy atom. The van der Waals surface area contributed by atoms with Gasteiger partial charge in [-0.1, -0.05) is 6.92 Å². The van der Waals surface area contributed by atoms with Crippen LogP contribution in [0.15, 0.2) is 0 Å². The highest BCUT2D eigenvalue weighted by Crippen LogP contribution is 2.36. The molecule has 2 aliphatic heterocycles. The minimum atomic E-state index is -0.857. The Labute approximate surface area is 143 Å². The molecule has 6 heteroatoms. The highest BCUT2D eigenvalue weighted by atomic mass is 16.4. The third-order valence-corrected chi connectivity index (χ3v) is 6.16. The summed E-state index contributed by atoms with van der Waals surface area (Å²) < 4.78 is 0. The predicted octanol–water partition coefficient (Wildman–Crippen LogP) is 1.59. The fourth-order valence-corrected chi connectivity index (χ4v) is 4.16. The molecule has 2 unspecified atom stereocenters. The maximum Gasteiger partial charge on any atom is 0.307 e. The first-order valence-electron chi connectivity index (χ1n) is 9.27. The van der Waals surface area contributed by atoms with Gasteiger partial charge in [-0.2, -0.15) is 0 Å². The molecule has 3 rings (SSSR count). The van der Waals surface area contributed by atoms with Gasteiger partial charge in [0.15, 0.2) is 0 Å². The van der Waals surface area contributed by atoms with Crippen LogP contribution in [0.5, 0.6) is 0 Å². The average molecular weight is 336 g/mol. The molecular formula is C18H28N2O4. The van der Waals surface area contributed by atoms with Crippen molar-refractivity contribution in [2.75, 3.05) is 26.2 Å². The van der Waals surface area contributed by atoms with Gasteiger partial charge >= 0.3 is 5.97 Å². The number of hydrogen-bond donors (Lipinski definition) is 1. The molecule has 2 amide bonds. The highest BCUT2D eigenvalue weighted by molar-refractivity contribution is 5.86. The van der Waals surface area contributed by atoms with E-state index in [-0.39, 0.29) is 23.7 Å². The summed E-state index contributed by atoms with van der Waals surface area (Å²) in [6.45, 7) is 5.13. The summed E-state index contributed by atoms with van der Waals surface area (Å²) in [5.74, 6) is -0.751. The molecule has 0 aromatic rings. The van der Waals surface area contributed by atoms with E-state index in [0.717, 1.165) is 25.9 Å². The van der Waals surface area contributed by atoms with E-state index < -0.39 is 11.9 Å². The van der Waals surface area contributed by atoms with Gasteiger partial charge in [0, 0.05) is 32.1 Å². The van der Waals surface area contributed by atoms with Gasteiger partial charge < -0.3 is 14.9 Å². The van der Waals surface area contributed by atoms with E-state index in [4.69, 9.17) is 5.11 Å². The lowest BCUT2D eigenvalue weighted by molar-refractivity contribution is -0.157. The third kappa shape index (κ3) is 3.42. The average Bonchev–Trinajstić information content (AvgIpc) is 2.53. The number of aliphatic carboxylic acids is 1. The SMILES string of the molecule is CC1CCN(C(=O)C2CCN(C(=O)C3CCC3C(=O)O)CC2)CC1. The van der Waals surface area contributed by atoms with Gasteiger partial charge in [-0.15, -0.1) is 0 Å². The molecular weight excluding hydrogens is 308 g/mol. The van der Waals surface area contributed by atoms with Crippen LogP contribution in [0.3, 0.4) is 0 Å². The molecule has 2 saturated heterocycles. The number of hydrogen-bond acceptors (Lipinski definition) is 3. The van der Waals surface area contributed by atoms with Gasteiger partial charge in [0.25, 0.3) is 0 Å². The second-order valence-corrected chi connectivity index (χ2v) is 7.74. The summed E-state index contributed by atoms with van der Waals surface area (Å²) in [5.41, 5.74) is 0. The van der Waals surface area contributed by atoms with Gasteiger partial charge in [0.05, 0.1) is 11.8 Å². The quantitative estimate of drug-likeness (QED) is 0.849. The Morgan fingerprint density at radius 1 is 0.750 bits per heavy atom. The first-order valence-corrected chi connectivity index (χ1v) is 9.27. The van der Waals surface area contributed by atoms with Crippen LogP contribution in [0, 0.1) is 23.7 Å². The van der Waals surface area contributed by atoms with Crippen LogP contribution in [-0.4, -0.2) is 58.9 Å². The second-order valence-electron chi connectivity index (χ2n) is 7.74. The molecule has 2 atom stereocenters. The van der Waals surface area contributed by atoms with Crippen molar-refractivity contribution in [1.82, 2.24) is 9.80 Å². The third-order valence-electron chi connectivity index (χ3n) is 6.16. The fraction of sp³-hybridized carbons (Fsp3) is 0.833. The van der Waals surface area contributed by atoms with Crippen molar-refractivity contribution in [2.24, 2.45) is 23.7 Å².